The average Bonchev–Trinajstić information content (AvgIpc) is 2.20. The molecule has 2 heteroatoms. The third-order valence-corrected chi connectivity index (χ3v) is 3.11. The number of benzene rings is 1. The molecule has 0 aromatic heterocycles. The van der Waals surface area contributed by atoms with Gasteiger partial charge < -0.3 is 11.5 Å². The van der Waals surface area contributed by atoms with Gasteiger partial charge in [0.05, 0.1) is 11.4 Å². The van der Waals surface area contributed by atoms with Crippen molar-refractivity contribution < 1.29 is 0 Å². The third-order valence-electron chi connectivity index (χ3n) is 3.11. The van der Waals surface area contributed by atoms with E-state index in [0.29, 0.717) is 0 Å². The summed E-state index contributed by atoms with van der Waals surface area (Å²) in [5.74, 6) is 0. The van der Waals surface area contributed by atoms with E-state index < -0.39 is 0 Å². The van der Waals surface area contributed by atoms with Crippen LogP contribution in [0.15, 0.2) is 0 Å². The lowest BCUT2D eigenvalue weighted by Gasteiger charge is -2.18. The highest BCUT2D eigenvalue weighted by Crippen LogP contribution is 2.32. The number of rotatable bonds is 2. The SMILES string of the molecule is CCc1c(C)c(C)c(N)c(N)c1CC. The molecule has 1 aromatic carbocycles. The molecule has 0 radical (unpaired) electrons. The standard InChI is InChI=1S/C12H20N2/c1-5-9-7(3)8(4)11(13)12(14)10(9)6-2/h5-6,13-14H2,1-4H3. The molecule has 1 aromatic rings. The maximum atomic E-state index is 6.01. The first-order chi connectivity index (χ1) is 6.54. The Hall–Kier alpha value is -1.18. The van der Waals surface area contributed by atoms with Gasteiger partial charge in [0.25, 0.3) is 0 Å². The molecule has 4 N–H and O–H groups in total. The van der Waals surface area contributed by atoms with E-state index in [2.05, 4.69) is 20.8 Å². The zero-order valence-electron chi connectivity index (χ0n) is 9.57. The fourth-order valence-corrected chi connectivity index (χ4v) is 2.06. The fraction of sp³-hybridized carbons (Fsp3) is 0.500. The summed E-state index contributed by atoms with van der Waals surface area (Å²) in [7, 11) is 0. The van der Waals surface area contributed by atoms with E-state index in [9.17, 15) is 0 Å². The van der Waals surface area contributed by atoms with E-state index in [4.69, 9.17) is 11.5 Å². The monoisotopic (exact) mass is 192 g/mol. The second kappa shape index (κ2) is 3.91. The van der Waals surface area contributed by atoms with Gasteiger partial charge in [-0.05, 0) is 48.9 Å². The maximum Gasteiger partial charge on any atom is 0.0585 e. The lowest BCUT2D eigenvalue weighted by Crippen LogP contribution is -2.08. The van der Waals surface area contributed by atoms with Crippen LogP contribution in [0.25, 0.3) is 0 Å². The van der Waals surface area contributed by atoms with Crippen LogP contribution in [0.1, 0.15) is 36.1 Å². The van der Waals surface area contributed by atoms with Gasteiger partial charge in [0.15, 0.2) is 0 Å². The van der Waals surface area contributed by atoms with Crippen molar-refractivity contribution in [1.29, 1.82) is 0 Å². The molecule has 0 heterocycles. The smallest absolute Gasteiger partial charge is 0.0585 e. The molecule has 14 heavy (non-hydrogen) atoms. The maximum absolute atomic E-state index is 6.01. The van der Waals surface area contributed by atoms with Crippen molar-refractivity contribution in [2.24, 2.45) is 0 Å². The predicted molar refractivity (Wildman–Crippen MR) is 63.5 cm³/mol. The molecule has 0 unspecified atom stereocenters. The molecule has 0 bridgehead atoms. The van der Waals surface area contributed by atoms with Gasteiger partial charge >= 0.3 is 0 Å². The van der Waals surface area contributed by atoms with E-state index in [-0.39, 0.29) is 0 Å². The summed E-state index contributed by atoms with van der Waals surface area (Å²) >= 11 is 0. The summed E-state index contributed by atoms with van der Waals surface area (Å²) in [5, 5.41) is 0. The van der Waals surface area contributed by atoms with Crippen LogP contribution in [0.2, 0.25) is 0 Å². The summed E-state index contributed by atoms with van der Waals surface area (Å²) in [4.78, 5) is 0. The minimum absolute atomic E-state index is 0.761. The Morgan fingerprint density at radius 1 is 0.786 bits per heavy atom. The van der Waals surface area contributed by atoms with Crippen molar-refractivity contribution in [3.05, 3.63) is 22.3 Å². The van der Waals surface area contributed by atoms with Crippen molar-refractivity contribution in [2.45, 2.75) is 40.5 Å². The first kappa shape index (κ1) is 10.9. The zero-order chi connectivity index (χ0) is 10.9. The van der Waals surface area contributed by atoms with Gasteiger partial charge in [-0.2, -0.15) is 0 Å². The number of nitrogens with two attached hydrogens (primary N) is 2. The highest BCUT2D eigenvalue weighted by Gasteiger charge is 2.13. The quantitative estimate of drug-likeness (QED) is 0.708. The van der Waals surface area contributed by atoms with Crippen LogP contribution in [0.4, 0.5) is 11.4 Å². The van der Waals surface area contributed by atoms with Crippen LogP contribution < -0.4 is 11.5 Å². The normalized spacial score (nSPS) is 10.6. The molecule has 0 fully saturated rings. The minimum atomic E-state index is 0.761. The lowest BCUT2D eigenvalue weighted by atomic mass is 9.91. The number of hydrogen-bond acceptors (Lipinski definition) is 2. The molecule has 0 aliphatic carbocycles. The first-order valence-electron chi connectivity index (χ1n) is 5.20. The predicted octanol–water partition coefficient (Wildman–Crippen LogP) is 2.59. The van der Waals surface area contributed by atoms with Crippen molar-refractivity contribution >= 4 is 11.4 Å². The summed E-state index contributed by atoms with van der Waals surface area (Å²) in [6, 6.07) is 0. The molecular formula is C12H20N2. The first-order valence-corrected chi connectivity index (χ1v) is 5.20. The topological polar surface area (TPSA) is 52.0 Å². The van der Waals surface area contributed by atoms with Crippen molar-refractivity contribution in [3.8, 4) is 0 Å². The molecule has 2 nitrogen and oxygen atoms in total. The molecule has 0 aliphatic heterocycles. The summed E-state index contributed by atoms with van der Waals surface area (Å²) in [6.07, 6.45) is 1.99. The largest absolute Gasteiger partial charge is 0.397 e. The van der Waals surface area contributed by atoms with Gasteiger partial charge in [0, 0.05) is 0 Å². The third kappa shape index (κ3) is 1.45. The van der Waals surface area contributed by atoms with Gasteiger partial charge in [-0.3, -0.25) is 0 Å². The molecule has 1 rings (SSSR count). The summed E-state index contributed by atoms with van der Waals surface area (Å²) in [6.45, 7) is 8.46. The van der Waals surface area contributed by atoms with Crippen LogP contribution in [0.5, 0.6) is 0 Å². The van der Waals surface area contributed by atoms with E-state index >= 15 is 0 Å². The molecule has 0 atom stereocenters. The molecule has 78 valence electrons. The van der Waals surface area contributed by atoms with Crippen LogP contribution >= 0.6 is 0 Å². The fourth-order valence-electron chi connectivity index (χ4n) is 2.06. The summed E-state index contributed by atoms with van der Waals surface area (Å²) in [5.41, 5.74) is 18.6. The van der Waals surface area contributed by atoms with Gasteiger partial charge in [0.2, 0.25) is 0 Å². The van der Waals surface area contributed by atoms with E-state index in [1.54, 1.807) is 0 Å². The molecule has 0 spiro atoms. The highest BCUT2D eigenvalue weighted by atomic mass is 14.7. The Balaban J connectivity index is 3.57. The Morgan fingerprint density at radius 2 is 1.29 bits per heavy atom. The van der Waals surface area contributed by atoms with Gasteiger partial charge in [-0.1, -0.05) is 13.8 Å². The number of hydrogen-bond donors (Lipinski definition) is 2. The molecule has 0 aliphatic rings. The highest BCUT2D eigenvalue weighted by molar-refractivity contribution is 5.75. The van der Waals surface area contributed by atoms with Crippen molar-refractivity contribution in [2.75, 3.05) is 11.5 Å². The van der Waals surface area contributed by atoms with E-state index in [0.717, 1.165) is 29.8 Å². The van der Waals surface area contributed by atoms with Gasteiger partial charge in [-0.25, -0.2) is 0 Å². The average molecular weight is 192 g/mol. The zero-order valence-corrected chi connectivity index (χ0v) is 9.57. The van der Waals surface area contributed by atoms with Crippen LogP contribution in [0.3, 0.4) is 0 Å². The minimum Gasteiger partial charge on any atom is -0.397 e. The van der Waals surface area contributed by atoms with Crippen LogP contribution in [-0.2, 0) is 12.8 Å². The van der Waals surface area contributed by atoms with Crippen molar-refractivity contribution in [1.82, 2.24) is 0 Å². The Bertz CT molecular complexity index is 319. The Labute approximate surface area is 86.3 Å². The Morgan fingerprint density at radius 3 is 1.71 bits per heavy atom. The molecular weight excluding hydrogens is 172 g/mol. The number of anilines is 2. The Kier molecular flexibility index (Phi) is 3.04. The van der Waals surface area contributed by atoms with E-state index in [1.807, 2.05) is 6.92 Å². The van der Waals surface area contributed by atoms with Crippen molar-refractivity contribution in [3.63, 3.8) is 0 Å². The van der Waals surface area contributed by atoms with Gasteiger partial charge in [-0.15, -0.1) is 0 Å². The van der Waals surface area contributed by atoms with Gasteiger partial charge in [0.1, 0.15) is 0 Å². The molecule has 0 amide bonds. The van der Waals surface area contributed by atoms with Crippen LogP contribution in [0, 0.1) is 13.8 Å². The molecule has 0 saturated heterocycles. The second-order valence-corrected chi connectivity index (χ2v) is 3.74. The second-order valence-electron chi connectivity index (χ2n) is 3.74. The van der Waals surface area contributed by atoms with Crippen LogP contribution in [-0.4, -0.2) is 0 Å². The number of nitrogen functional groups attached to an aromatic ring is 2. The van der Waals surface area contributed by atoms with E-state index in [1.165, 1.54) is 16.7 Å². The molecule has 0 saturated carbocycles. The lowest BCUT2D eigenvalue weighted by molar-refractivity contribution is 1.01. The summed E-state index contributed by atoms with van der Waals surface area (Å²) < 4.78 is 0.